The maximum atomic E-state index is 11.8. The Morgan fingerprint density at radius 3 is 2.44 bits per heavy atom. The summed E-state index contributed by atoms with van der Waals surface area (Å²) in [6.45, 7) is -0.443. The third kappa shape index (κ3) is 3.56. The topological polar surface area (TPSA) is 91.8 Å². The van der Waals surface area contributed by atoms with Gasteiger partial charge in [0.05, 0.1) is 4.90 Å². The van der Waals surface area contributed by atoms with Crippen molar-refractivity contribution in [3.05, 3.63) is 29.8 Å². The molecule has 0 saturated carbocycles. The summed E-state index contributed by atoms with van der Waals surface area (Å²) in [6.07, 6.45) is 1.04. The molecule has 1 aromatic carbocycles. The molecule has 98 valence electrons. The van der Waals surface area contributed by atoms with Crippen LogP contribution in [-0.4, -0.2) is 50.1 Å². The number of likely N-dealkylation sites (N-methyl/N-ethyl adjacent to an activating group) is 1. The highest BCUT2D eigenvalue weighted by molar-refractivity contribution is 7.90. The Morgan fingerprint density at radius 2 is 1.94 bits per heavy atom. The van der Waals surface area contributed by atoms with Crippen molar-refractivity contribution < 1.29 is 23.1 Å². The smallest absolute Gasteiger partial charge is 0.323 e. The number of carbonyl (C=O) groups excluding carboxylic acids is 1. The second kappa shape index (κ2) is 5.18. The van der Waals surface area contributed by atoms with Gasteiger partial charge in [0.2, 0.25) is 0 Å². The average Bonchev–Trinajstić information content (AvgIpc) is 2.26. The normalized spacial score (nSPS) is 11.0. The minimum Gasteiger partial charge on any atom is -0.480 e. The molecule has 0 aromatic heterocycles. The number of carbonyl (C=O) groups is 2. The Kier molecular flexibility index (Phi) is 4.07. The van der Waals surface area contributed by atoms with E-state index in [2.05, 4.69) is 0 Å². The highest BCUT2D eigenvalue weighted by Crippen LogP contribution is 2.12. The van der Waals surface area contributed by atoms with Crippen LogP contribution in [0.25, 0.3) is 0 Å². The largest absolute Gasteiger partial charge is 0.480 e. The number of aliphatic carboxylic acids is 1. The predicted molar refractivity (Wildman–Crippen MR) is 64.1 cm³/mol. The highest BCUT2D eigenvalue weighted by atomic mass is 32.2. The van der Waals surface area contributed by atoms with E-state index >= 15 is 0 Å². The molecule has 0 heterocycles. The van der Waals surface area contributed by atoms with Crippen molar-refractivity contribution in [3.8, 4) is 0 Å². The Labute approximate surface area is 105 Å². The first-order valence-electron chi connectivity index (χ1n) is 4.99. The number of benzene rings is 1. The first-order chi connectivity index (χ1) is 8.21. The van der Waals surface area contributed by atoms with Gasteiger partial charge in [0.1, 0.15) is 6.54 Å². The average molecular weight is 271 g/mol. The van der Waals surface area contributed by atoms with Gasteiger partial charge in [0.15, 0.2) is 9.84 Å². The molecule has 18 heavy (non-hydrogen) atoms. The zero-order valence-electron chi connectivity index (χ0n) is 9.95. The number of rotatable bonds is 4. The molecule has 0 aliphatic carbocycles. The van der Waals surface area contributed by atoms with E-state index in [-0.39, 0.29) is 10.5 Å². The molecule has 1 N–H and O–H groups in total. The van der Waals surface area contributed by atoms with Crippen LogP contribution < -0.4 is 0 Å². The summed E-state index contributed by atoms with van der Waals surface area (Å²) in [5, 5.41) is 8.57. The van der Waals surface area contributed by atoms with Crippen LogP contribution in [0.2, 0.25) is 0 Å². The summed E-state index contributed by atoms with van der Waals surface area (Å²) < 4.78 is 22.7. The van der Waals surface area contributed by atoms with Gasteiger partial charge in [-0.25, -0.2) is 8.42 Å². The molecule has 0 aliphatic heterocycles. The zero-order chi connectivity index (χ0) is 13.9. The Morgan fingerprint density at radius 1 is 1.33 bits per heavy atom. The van der Waals surface area contributed by atoms with Crippen LogP contribution in [0.3, 0.4) is 0 Å². The first kappa shape index (κ1) is 14.2. The lowest BCUT2D eigenvalue weighted by molar-refractivity contribution is -0.137. The number of sulfone groups is 1. The minimum atomic E-state index is -3.39. The van der Waals surface area contributed by atoms with Gasteiger partial charge < -0.3 is 10.0 Å². The van der Waals surface area contributed by atoms with Crippen LogP contribution in [0.4, 0.5) is 0 Å². The van der Waals surface area contributed by atoms with Crippen molar-refractivity contribution >= 4 is 21.7 Å². The fourth-order valence-corrected chi connectivity index (χ4v) is 2.02. The van der Waals surface area contributed by atoms with Crippen molar-refractivity contribution in [2.24, 2.45) is 0 Å². The standard InChI is InChI=1S/C11H13NO5S/c1-12(7-10(13)14)11(15)8-4-3-5-9(6-8)18(2,16)17/h3-6H,7H2,1-2H3,(H,13,14). The summed E-state index contributed by atoms with van der Waals surface area (Å²) >= 11 is 0. The Balaban J connectivity index is 3.04. The second-order valence-electron chi connectivity index (χ2n) is 3.85. The number of hydrogen-bond donors (Lipinski definition) is 1. The predicted octanol–water partition coefficient (Wildman–Crippen LogP) is 0.247. The maximum absolute atomic E-state index is 11.8. The van der Waals surface area contributed by atoms with Crippen LogP contribution in [0, 0.1) is 0 Å². The third-order valence-corrected chi connectivity index (χ3v) is 3.34. The van der Waals surface area contributed by atoms with E-state index in [9.17, 15) is 18.0 Å². The molecule has 1 rings (SSSR count). The van der Waals surface area contributed by atoms with Crippen molar-refractivity contribution in [2.75, 3.05) is 19.8 Å². The van der Waals surface area contributed by atoms with Gasteiger partial charge in [0, 0.05) is 18.9 Å². The molecule has 6 nitrogen and oxygen atoms in total. The Bertz CT molecular complexity index is 579. The van der Waals surface area contributed by atoms with Crippen LogP contribution in [0.15, 0.2) is 29.2 Å². The van der Waals surface area contributed by atoms with E-state index in [1.807, 2.05) is 0 Å². The number of carboxylic acids is 1. The molecule has 0 fully saturated rings. The van der Waals surface area contributed by atoms with Crippen molar-refractivity contribution in [3.63, 3.8) is 0 Å². The molecule has 0 bridgehead atoms. The molecule has 0 unspecified atom stereocenters. The van der Waals surface area contributed by atoms with Gasteiger partial charge in [-0.3, -0.25) is 9.59 Å². The van der Waals surface area contributed by atoms with Crippen molar-refractivity contribution in [1.29, 1.82) is 0 Å². The summed E-state index contributed by atoms with van der Waals surface area (Å²) in [7, 11) is -2.06. The molecule has 0 spiro atoms. The van der Waals surface area contributed by atoms with Gasteiger partial charge in [-0.15, -0.1) is 0 Å². The fraction of sp³-hybridized carbons (Fsp3) is 0.273. The lowest BCUT2D eigenvalue weighted by atomic mass is 10.2. The van der Waals surface area contributed by atoms with E-state index in [0.29, 0.717) is 0 Å². The Hall–Kier alpha value is -1.89. The van der Waals surface area contributed by atoms with E-state index in [1.54, 1.807) is 0 Å². The second-order valence-corrected chi connectivity index (χ2v) is 5.87. The van der Waals surface area contributed by atoms with Crippen molar-refractivity contribution in [2.45, 2.75) is 4.90 Å². The zero-order valence-corrected chi connectivity index (χ0v) is 10.8. The minimum absolute atomic E-state index is 0.0251. The van der Waals surface area contributed by atoms with E-state index in [4.69, 9.17) is 5.11 Å². The molecule has 1 amide bonds. The van der Waals surface area contributed by atoms with Gasteiger partial charge in [0.25, 0.3) is 5.91 Å². The molecule has 7 heteroatoms. The summed E-state index contributed by atoms with van der Waals surface area (Å²) in [5.74, 6) is -1.67. The van der Waals surface area contributed by atoms with Crippen LogP contribution >= 0.6 is 0 Å². The first-order valence-corrected chi connectivity index (χ1v) is 6.88. The quantitative estimate of drug-likeness (QED) is 0.847. The van der Waals surface area contributed by atoms with E-state index in [0.717, 1.165) is 11.2 Å². The van der Waals surface area contributed by atoms with Crippen LogP contribution in [-0.2, 0) is 14.6 Å². The van der Waals surface area contributed by atoms with Crippen molar-refractivity contribution in [1.82, 2.24) is 4.90 Å². The molecule has 1 aromatic rings. The molecular formula is C11H13NO5S. The van der Waals surface area contributed by atoms with Gasteiger partial charge in [-0.2, -0.15) is 0 Å². The van der Waals surface area contributed by atoms with E-state index in [1.165, 1.54) is 31.3 Å². The number of amides is 1. The lowest BCUT2D eigenvalue weighted by Crippen LogP contribution is -2.31. The monoisotopic (exact) mass is 271 g/mol. The molecule has 0 saturated heterocycles. The lowest BCUT2D eigenvalue weighted by Gasteiger charge is -2.14. The molecular weight excluding hydrogens is 258 g/mol. The molecule has 0 atom stereocenters. The van der Waals surface area contributed by atoms with E-state index < -0.39 is 28.3 Å². The summed E-state index contributed by atoms with van der Waals surface area (Å²) in [4.78, 5) is 23.3. The highest BCUT2D eigenvalue weighted by Gasteiger charge is 2.16. The molecule has 0 radical (unpaired) electrons. The van der Waals surface area contributed by atoms with Gasteiger partial charge in [-0.1, -0.05) is 6.07 Å². The van der Waals surface area contributed by atoms with Gasteiger partial charge >= 0.3 is 5.97 Å². The summed E-state index contributed by atoms with van der Waals surface area (Å²) in [6, 6.07) is 5.49. The van der Waals surface area contributed by atoms with Crippen LogP contribution in [0.5, 0.6) is 0 Å². The molecule has 0 aliphatic rings. The third-order valence-electron chi connectivity index (χ3n) is 2.23. The number of carboxylic acid groups (broad SMARTS) is 1. The fourth-order valence-electron chi connectivity index (χ4n) is 1.35. The van der Waals surface area contributed by atoms with Crippen LogP contribution in [0.1, 0.15) is 10.4 Å². The SMILES string of the molecule is CN(CC(=O)O)C(=O)c1cccc(S(C)(=O)=O)c1. The summed E-state index contributed by atoms with van der Waals surface area (Å²) in [5.41, 5.74) is 0.140. The number of hydrogen-bond acceptors (Lipinski definition) is 4. The number of nitrogens with zero attached hydrogens (tertiary/aromatic N) is 1. The maximum Gasteiger partial charge on any atom is 0.323 e. The van der Waals surface area contributed by atoms with Gasteiger partial charge in [-0.05, 0) is 18.2 Å².